The smallest absolute Gasteiger partial charge is 0.341 e. The zero-order valence-electron chi connectivity index (χ0n) is 15.7. The van der Waals surface area contributed by atoms with Gasteiger partial charge in [0.25, 0.3) is 0 Å². The van der Waals surface area contributed by atoms with Gasteiger partial charge >= 0.3 is 5.97 Å². The minimum absolute atomic E-state index is 0.0296. The number of amides is 1. The van der Waals surface area contributed by atoms with Crippen LogP contribution in [-0.2, 0) is 15.1 Å². The average molecular weight is 388 g/mol. The monoisotopic (exact) mass is 388 g/mol. The van der Waals surface area contributed by atoms with Crippen LogP contribution in [0, 0.1) is 5.92 Å². The van der Waals surface area contributed by atoms with Gasteiger partial charge in [0.05, 0.1) is 35.0 Å². The van der Waals surface area contributed by atoms with Gasteiger partial charge in [-0.05, 0) is 49.9 Å². The molecule has 1 spiro atoms. The molecule has 7 heteroatoms. The second-order valence-corrected chi connectivity index (χ2v) is 7.56. The van der Waals surface area contributed by atoms with Gasteiger partial charge in [-0.2, -0.15) is 5.10 Å². The molecule has 1 aliphatic carbocycles. The fraction of sp³-hybridized carbons (Fsp3) is 0.273. The van der Waals surface area contributed by atoms with Crippen LogP contribution >= 0.6 is 0 Å². The number of rotatable bonds is 3. The number of esters is 1. The Morgan fingerprint density at radius 1 is 1.14 bits per heavy atom. The second kappa shape index (κ2) is 6.84. The van der Waals surface area contributed by atoms with E-state index in [0.717, 1.165) is 5.69 Å². The number of nitrogens with one attached hydrogen (secondary N) is 1. The molecule has 2 aliphatic rings. The van der Waals surface area contributed by atoms with E-state index in [2.05, 4.69) is 15.4 Å². The largest absolute Gasteiger partial charge is 0.449 e. The first-order valence-corrected chi connectivity index (χ1v) is 9.74. The molecule has 1 aliphatic heterocycles. The Morgan fingerprint density at radius 2 is 1.93 bits per heavy atom. The van der Waals surface area contributed by atoms with Crippen molar-refractivity contribution in [1.29, 1.82) is 0 Å². The van der Waals surface area contributed by atoms with Crippen LogP contribution in [0.4, 0.5) is 5.69 Å². The third kappa shape index (κ3) is 3.08. The van der Waals surface area contributed by atoms with E-state index in [-0.39, 0.29) is 17.8 Å². The number of hydrogen-bond donors (Lipinski definition) is 1. The lowest BCUT2D eigenvalue weighted by Gasteiger charge is -2.35. The second-order valence-electron chi connectivity index (χ2n) is 7.56. The molecular formula is C22H20N4O3. The van der Waals surface area contributed by atoms with E-state index in [1.807, 2.05) is 30.3 Å². The molecule has 1 amide bonds. The summed E-state index contributed by atoms with van der Waals surface area (Å²) >= 11 is 0. The standard InChI is InChI=1S/C22H20N4O3/c27-20(25-16-13-24-26(14-16)17-5-2-1-3-6-17)15-8-10-22(11-9-15)19-18(21(28)29-22)7-4-12-23-19/h1-7,12-15H,8-11H2,(H,25,27). The quantitative estimate of drug-likeness (QED) is 0.695. The molecule has 0 saturated heterocycles. The lowest BCUT2D eigenvalue weighted by Crippen LogP contribution is -2.36. The summed E-state index contributed by atoms with van der Waals surface area (Å²) < 4.78 is 7.44. The number of benzene rings is 1. The maximum Gasteiger partial charge on any atom is 0.341 e. The maximum atomic E-state index is 12.8. The Balaban J connectivity index is 1.25. The van der Waals surface area contributed by atoms with Gasteiger partial charge in [-0.1, -0.05) is 18.2 Å². The van der Waals surface area contributed by atoms with Crippen molar-refractivity contribution in [3.8, 4) is 5.69 Å². The van der Waals surface area contributed by atoms with Crippen LogP contribution in [0.25, 0.3) is 5.69 Å². The maximum absolute atomic E-state index is 12.8. The van der Waals surface area contributed by atoms with Gasteiger partial charge in [0.15, 0.2) is 5.60 Å². The Kier molecular flexibility index (Phi) is 4.16. The van der Waals surface area contributed by atoms with Crippen LogP contribution in [0.1, 0.15) is 41.7 Å². The van der Waals surface area contributed by atoms with Crippen LogP contribution in [0.2, 0.25) is 0 Å². The van der Waals surface area contributed by atoms with Crippen molar-refractivity contribution in [1.82, 2.24) is 14.8 Å². The van der Waals surface area contributed by atoms with E-state index < -0.39 is 5.60 Å². The van der Waals surface area contributed by atoms with Gasteiger partial charge in [-0.25, -0.2) is 9.48 Å². The van der Waals surface area contributed by atoms with Gasteiger partial charge < -0.3 is 10.1 Å². The highest BCUT2D eigenvalue weighted by atomic mass is 16.6. The molecular weight excluding hydrogens is 368 g/mol. The Bertz CT molecular complexity index is 1070. The number of para-hydroxylation sites is 1. The fourth-order valence-corrected chi connectivity index (χ4v) is 4.25. The minimum atomic E-state index is -0.678. The van der Waals surface area contributed by atoms with Crippen molar-refractivity contribution in [3.05, 3.63) is 72.3 Å². The lowest BCUT2D eigenvalue weighted by atomic mass is 9.76. The molecule has 7 nitrogen and oxygen atoms in total. The molecule has 29 heavy (non-hydrogen) atoms. The summed E-state index contributed by atoms with van der Waals surface area (Å²) in [6.45, 7) is 0. The third-order valence-corrected chi connectivity index (χ3v) is 5.78. The van der Waals surface area contributed by atoms with Gasteiger partial charge in [0.1, 0.15) is 0 Å². The molecule has 0 unspecified atom stereocenters. The first kappa shape index (κ1) is 17.6. The number of carbonyl (C=O) groups is 2. The van der Waals surface area contributed by atoms with Gasteiger partial charge in [0, 0.05) is 12.1 Å². The molecule has 0 radical (unpaired) electrons. The molecule has 1 fully saturated rings. The molecule has 1 aromatic carbocycles. The molecule has 1 N–H and O–H groups in total. The van der Waals surface area contributed by atoms with Crippen molar-refractivity contribution < 1.29 is 14.3 Å². The number of aromatic nitrogens is 3. The van der Waals surface area contributed by atoms with E-state index in [1.54, 1.807) is 35.4 Å². The van der Waals surface area contributed by atoms with E-state index in [9.17, 15) is 9.59 Å². The molecule has 3 heterocycles. The zero-order chi connectivity index (χ0) is 19.8. The molecule has 146 valence electrons. The van der Waals surface area contributed by atoms with E-state index in [4.69, 9.17) is 4.74 Å². The number of hydrogen-bond acceptors (Lipinski definition) is 5. The molecule has 1 saturated carbocycles. The van der Waals surface area contributed by atoms with Crippen LogP contribution in [0.3, 0.4) is 0 Å². The average Bonchev–Trinajstić information content (AvgIpc) is 3.33. The summed E-state index contributed by atoms with van der Waals surface area (Å²) in [5.41, 5.74) is 2.18. The lowest BCUT2D eigenvalue weighted by molar-refractivity contribution is -0.122. The Morgan fingerprint density at radius 3 is 2.72 bits per heavy atom. The Hall–Kier alpha value is -3.48. The fourth-order valence-electron chi connectivity index (χ4n) is 4.25. The first-order chi connectivity index (χ1) is 14.1. The van der Waals surface area contributed by atoms with Crippen molar-refractivity contribution >= 4 is 17.6 Å². The predicted molar refractivity (Wildman–Crippen MR) is 105 cm³/mol. The van der Waals surface area contributed by atoms with Gasteiger partial charge in [-0.15, -0.1) is 0 Å². The minimum Gasteiger partial charge on any atom is -0.449 e. The Labute approximate surface area is 167 Å². The number of anilines is 1. The number of ether oxygens (including phenoxy) is 1. The normalized spacial score (nSPS) is 22.9. The summed E-state index contributed by atoms with van der Waals surface area (Å²) in [6, 6.07) is 13.2. The molecule has 5 rings (SSSR count). The zero-order valence-corrected chi connectivity index (χ0v) is 15.7. The van der Waals surface area contributed by atoms with Gasteiger partial charge in [-0.3, -0.25) is 9.78 Å². The molecule has 0 bridgehead atoms. The predicted octanol–water partition coefficient (Wildman–Crippen LogP) is 3.46. The van der Waals surface area contributed by atoms with Crippen molar-refractivity contribution in [3.63, 3.8) is 0 Å². The highest BCUT2D eigenvalue weighted by molar-refractivity contribution is 5.94. The number of nitrogens with zero attached hydrogens (tertiary/aromatic N) is 3. The summed E-state index contributed by atoms with van der Waals surface area (Å²) in [6.07, 6.45) is 7.62. The summed E-state index contributed by atoms with van der Waals surface area (Å²) in [5, 5.41) is 7.28. The SMILES string of the molecule is O=C1OC2(CCC(C(=O)Nc3cnn(-c4ccccc4)c3)CC2)c2ncccc21. The van der Waals surface area contributed by atoms with Crippen LogP contribution in [-0.4, -0.2) is 26.6 Å². The molecule has 3 aromatic rings. The van der Waals surface area contributed by atoms with Gasteiger partial charge in [0.2, 0.25) is 5.91 Å². The number of pyridine rings is 1. The summed E-state index contributed by atoms with van der Waals surface area (Å²) in [5.74, 6) is -0.477. The number of fused-ring (bicyclic) bond motifs is 2. The van der Waals surface area contributed by atoms with E-state index in [1.165, 1.54) is 0 Å². The molecule has 0 atom stereocenters. The van der Waals surface area contributed by atoms with Crippen molar-refractivity contribution in [2.24, 2.45) is 5.92 Å². The van der Waals surface area contributed by atoms with Crippen molar-refractivity contribution in [2.45, 2.75) is 31.3 Å². The summed E-state index contributed by atoms with van der Waals surface area (Å²) in [7, 11) is 0. The third-order valence-electron chi connectivity index (χ3n) is 5.78. The van der Waals surface area contributed by atoms with E-state index >= 15 is 0 Å². The van der Waals surface area contributed by atoms with Crippen LogP contribution in [0.5, 0.6) is 0 Å². The topological polar surface area (TPSA) is 86.1 Å². The first-order valence-electron chi connectivity index (χ1n) is 9.74. The number of carbonyl (C=O) groups excluding carboxylic acids is 2. The summed E-state index contributed by atoms with van der Waals surface area (Å²) in [4.78, 5) is 29.3. The molecule has 2 aromatic heterocycles. The van der Waals surface area contributed by atoms with E-state index in [0.29, 0.717) is 42.6 Å². The van der Waals surface area contributed by atoms with Crippen LogP contribution in [0.15, 0.2) is 61.1 Å². The highest BCUT2D eigenvalue weighted by Crippen LogP contribution is 2.47. The van der Waals surface area contributed by atoms with Crippen molar-refractivity contribution in [2.75, 3.05) is 5.32 Å². The van der Waals surface area contributed by atoms with Crippen LogP contribution < -0.4 is 5.32 Å². The highest BCUT2D eigenvalue weighted by Gasteiger charge is 2.49.